The Bertz CT molecular complexity index is 1130. The molecule has 1 amide bonds. The van der Waals surface area contributed by atoms with Crippen molar-refractivity contribution in [1.82, 2.24) is 4.57 Å². The molecule has 0 bridgehead atoms. The summed E-state index contributed by atoms with van der Waals surface area (Å²) < 4.78 is 12.9. The minimum atomic E-state index is -0.322. The number of carbonyl (C=O) groups is 2. The summed E-state index contributed by atoms with van der Waals surface area (Å²) in [6.07, 6.45) is 0.752. The number of nitrogens with one attached hydrogen (secondary N) is 1. The van der Waals surface area contributed by atoms with E-state index in [1.807, 2.05) is 55.0 Å². The molecule has 1 aliphatic rings. The van der Waals surface area contributed by atoms with E-state index in [0.29, 0.717) is 30.3 Å². The fourth-order valence-corrected chi connectivity index (χ4v) is 4.63. The fraction of sp³-hybridized carbons (Fsp3) is 0.333. The molecular formula is C24H26N2O4S. The van der Waals surface area contributed by atoms with Crippen LogP contribution in [0.5, 0.6) is 5.75 Å². The van der Waals surface area contributed by atoms with Crippen molar-refractivity contribution in [3.8, 4) is 27.4 Å². The molecule has 3 heterocycles. The first kappa shape index (κ1) is 21.2. The highest BCUT2D eigenvalue weighted by molar-refractivity contribution is 7.13. The van der Waals surface area contributed by atoms with Gasteiger partial charge in [0.1, 0.15) is 11.4 Å². The zero-order chi connectivity index (χ0) is 22.1. The van der Waals surface area contributed by atoms with Gasteiger partial charge in [-0.3, -0.25) is 4.79 Å². The Labute approximate surface area is 185 Å². The molecule has 0 saturated carbocycles. The van der Waals surface area contributed by atoms with Gasteiger partial charge in [0.05, 0.1) is 25.1 Å². The average molecular weight is 439 g/mol. The maximum absolute atomic E-state index is 12.7. The molecule has 31 heavy (non-hydrogen) atoms. The highest BCUT2D eigenvalue weighted by atomic mass is 32.1. The highest BCUT2D eigenvalue weighted by Gasteiger charge is 2.29. The second kappa shape index (κ2) is 8.59. The number of nitrogens with zero attached hydrogens (tertiary/aromatic N) is 1. The van der Waals surface area contributed by atoms with E-state index >= 15 is 0 Å². The minimum Gasteiger partial charge on any atom is -0.495 e. The Morgan fingerprint density at radius 2 is 2.03 bits per heavy atom. The summed E-state index contributed by atoms with van der Waals surface area (Å²) >= 11 is 1.63. The predicted molar refractivity (Wildman–Crippen MR) is 123 cm³/mol. The zero-order valence-electron chi connectivity index (χ0n) is 18.2. The molecule has 0 aliphatic carbocycles. The van der Waals surface area contributed by atoms with Gasteiger partial charge in [-0.2, -0.15) is 0 Å². The quantitative estimate of drug-likeness (QED) is 0.536. The first-order chi connectivity index (χ1) is 14.9. The number of anilines is 1. The maximum Gasteiger partial charge on any atom is 0.354 e. The molecule has 0 atom stereocenters. The zero-order valence-corrected chi connectivity index (χ0v) is 19.0. The van der Waals surface area contributed by atoms with E-state index in [9.17, 15) is 9.59 Å². The summed E-state index contributed by atoms with van der Waals surface area (Å²) in [5.41, 5.74) is 5.25. The molecular weight excluding hydrogens is 412 g/mol. The number of benzene rings is 1. The Hall–Kier alpha value is -3.06. The van der Waals surface area contributed by atoms with Gasteiger partial charge in [0.15, 0.2) is 0 Å². The monoisotopic (exact) mass is 438 g/mol. The van der Waals surface area contributed by atoms with Gasteiger partial charge in [-0.1, -0.05) is 19.9 Å². The molecule has 0 radical (unpaired) electrons. The number of methoxy groups -OCH3 is 1. The van der Waals surface area contributed by atoms with Gasteiger partial charge in [0, 0.05) is 28.5 Å². The van der Waals surface area contributed by atoms with E-state index in [4.69, 9.17) is 9.47 Å². The lowest BCUT2D eigenvalue weighted by molar-refractivity contribution is -0.118. The second-order valence-electron chi connectivity index (χ2n) is 7.74. The largest absolute Gasteiger partial charge is 0.495 e. The molecule has 0 unspecified atom stereocenters. The Morgan fingerprint density at radius 3 is 2.68 bits per heavy atom. The fourth-order valence-electron chi connectivity index (χ4n) is 3.89. The normalized spacial score (nSPS) is 12.3. The number of ether oxygens (including phenoxy) is 2. The first-order valence-corrected chi connectivity index (χ1v) is 11.3. The van der Waals surface area contributed by atoms with Gasteiger partial charge in [-0.25, -0.2) is 4.79 Å². The van der Waals surface area contributed by atoms with E-state index < -0.39 is 0 Å². The summed E-state index contributed by atoms with van der Waals surface area (Å²) in [6, 6.07) is 9.93. The van der Waals surface area contributed by atoms with Crippen LogP contribution in [0.15, 0.2) is 35.7 Å². The molecule has 7 heteroatoms. The third kappa shape index (κ3) is 3.85. The molecule has 6 nitrogen and oxygen atoms in total. The molecule has 3 aromatic rings. The van der Waals surface area contributed by atoms with E-state index in [1.54, 1.807) is 18.4 Å². The summed E-state index contributed by atoms with van der Waals surface area (Å²) in [5.74, 6) is 0.0877. The van der Waals surface area contributed by atoms with Crippen LogP contribution in [0.1, 0.15) is 36.8 Å². The molecule has 0 spiro atoms. The lowest BCUT2D eigenvalue weighted by atomic mass is 9.94. The Kier molecular flexibility index (Phi) is 5.87. The third-order valence-electron chi connectivity index (χ3n) is 5.44. The summed E-state index contributed by atoms with van der Waals surface area (Å²) in [4.78, 5) is 26.1. The number of carbonyl (C=O) groups excluding carboxylic acids is 2. The van der Waals surface area contributed by atoms with Crippen LogP contribution in [0.25, 0.3) is 21.7 Å². The number of aromatic nitrogens is 1. The van der Waals surface area contributed by atoms with E-state index in [2.05, 4.69) is 11.4 Å². The molecule has 2 aromatic heterocycles. The van der Waals surface area contributed by atoms with E-state index in [0.717, 1.165) is 33.7 Å². The highest BCUT2D eigenvalue weighted by Crippen LogP contribution is 2.44. The standard InChI is InChI=1S/C24H26N2O4S/c1-5-30-24(28)19-13-17(21-7-6-10-31-21)22-16-12-18(25-23(27)14(2)3)20(29-4)11-15(16)8-9-26(19)22/h6-7,10-14H,5,8-9H2,1-4H3,(H,25,27). The number of rotatable bonds is 6. The summed E-state index contributed by atoms with van der Waals surface area (Å²) in [6.45, 7) is 6.51. The van der Waals surface area contributed by atoms with Crippen LogP contribution in [0.3, 0.4) is 0 Å². The SMILES string of the molecule is CCOC(=O)c1cc(-c2cccs2)c2n1CCc1cc(OC)c(NC(=O)C(C)C)cc1-2. The van der Waals surface area contributed by atoms with Crippen molar-refractivity contribution in [2.75, 3.05) is 19.0 Å². The smallest absolute Gasteiger partial charge is 0.354 e. The van der Waals surface area contributed by atoms with Gasteiger partial charge < -0.3 is 19.4 Å². The number of fused-ring (bicyclic) bond motifs is 3. The van der Waals surface area contributed by atoms with Crippen LogP contribution in [-0.2, 0) is 22.5 Å². The molecule has 1 N–H and O–H groups in total. The topological polar surface area (TPSA) is 69.6 Å². The van der Waals surface area contributed by atoms with Crippen molar-refractivity contribution in [2.24, 2.45) is 5.92 Å². The maximum atomic E-state index is 12.7. The van der Waals surface area contributed by atoms with Crippen LogP contribution in [0.2, 0.25) is 0 Å². The summed E-state index contributed by atoms with van der Waals surface area (Å²) in [5, 5.41) is 5.01. The van der Waals surface area contributed by atoms with Crippen molar-refractivity contribution < 1.29 is 19.1 Å². The number of esters is 1. The first-order valence-electron chi connectivity index (χ1n) is 10.4. The molecule has 1 aromatic carbocycles. The molecule has 1 aliphatic heterocycles. The molecule has 162 valence electrons. The second-order valence-corrected chi connectivity index (χ2v) is 8.69. The van der Waals surface area contributed by atoms with E-state index in [-0.39, 0.29) is 17.8 Å². The number of hydrogen-bond acceptors (Lipinski definition) is 5. The lowest BCUT2D eigenvalue weighted by Gasteiger charge is -2.24. The van der Waals surface area contributed by atoms with Crippen molar-refractivity contribution >= 4 is 28.9 Å². The molecule has 0 fully saturated rings. The molecule has 0 saturated heterocycles. The van der Waals surface area contributed by atoms with Crippen molar-refractivity contribution in [3.63, 3.8) is 0 Å². The Morgan fingerprint density at radius 1 is 1.23 bits per heavy atom. The number of hydrogen-bond donors (Lipinski definition) is 1. The minimum absolute atomic E-state index is 0.0739. The average Bonchev–Trinajstić information content (AvgIpc) is 3.41. The van der Waals surface area contributed by atoms with Gasteiger partial charge in [0.25, 0.3) is 0 Å². The predicted octanol–water partition coefficient (Wildman–Crippen LogP) is 5.22. The van der Waals surface area contributed by atoms with Crippen molar-refractivity contribution in [2.45, 2.75) is 33.7 Å². The Balaban J connectivity index is 1.91. The third-order valence-corrected chi connectivity index (χ3v) is 6.34. The number of amides is 1. The van der Waals surface area contributed by atoms with Crippen LogP contribution in [0.4, 0.5) is 5.69 Å². The van der Waals surface area contributed by atoms with E-state index in [1.165, 1.54) is 0 Å². The lowest BCUT2D eigenvalue weighted by Crippen LogP contribution is -2.20. The van der Waals surface area contributed by atoms with Crippen LogP contribution in [0, 0.1) is 5.92 Å². The molecule has 4 rings (SSSR count). The van der Waals surface area contributed by atoms with Crippen LogP contribution < -0.4 is 10.1 Å². The van der Waals surface area contributed by atoms with Crippen LogP contribution in [-0.4, -0.2) is 30.2 Å². The van der Waals surface area contributed by atoms with Crippen molar-refractivity contribution in [1.29, 1.82) is 0 Å². The number of thiophene rings is 1. The van der Waals surface area contributed by atoms with Gasteiger partial charge in [-0.05, 0) is 48.6 Å². The number of aryl methyl sites for hydroxylation is 1. The van der Waals surface area contributed by atoms with Gasteiger partial charge >= 0.3 is 5.97 Å². The van der Waals surface area contributed by atoms with Gasteiger partial charge in [-0.15, -0.1) is 11.3 Å². The van der Waals surface area contributed by atoms with Gasteiger partial charge in [0.2, 0.25) is 5.91 Å². The van der Waals surface area contributed by atoms with Crippen LogP contribution >= 0.6 is 11.3 Å². The summed E-state index contributed by atoms with van der Waals surface area (Å²) in [7, 11) is 1.61. The van der Waals surface area contributed by atoms with Crippen molar-refractivity contribution in [3.05, 3.63) is 47.0 Å².